The molecule has 1 fully saturated rings. The number of amides is 1. The van der Waals surface area contributed by atoms with E-state index < -0.39 is 0 Å². The van der Waals surface area contributed by atoms with Gasteiger partial charge in [0.15, 0.2) is 16.7 Å². The topological polar surface area (TPSA) is 96.1 Å². The van der Waals surface area contributed by atoms with E-state index in [-0.39, 0.29) is 12.5 Å². The third-order valence-electron chi connectivity index (χ3n) is 3.65. The van der Waals surface area contributed by atoms with Gasteiger partial charge in [-0.1, -0.05) is 30.0 Å². The number of thioether (sulfide) groups is 1. The Labute approximate surface area is 160 Å². The molecule has 136 valence electrons. The molecule has 1 amide bonds. The van der Waals surface area contributed by atoms with E-state index in [2.05, 4.69) is 21.6 Å². The first-order chi connectivity index (χ1) is 13.2. The SMILES string of the molecule is COc1cc(C=NN=C2NC(=O)CS2)ccc1OCc1ccccc1C#N. The van der Waals surface area contributed by atoms with Crippen LogP contribution in [0.3, 0.4) is 0 Å². The van der Waals surface area contributed by atoms with Crippen LogP contribution in [0, 0.1) is 11.3 Å². The van der Waals surface area contributed by atoms with Crippen molar-refractivity contribution in [3.05, 3.63) is 59.2 Å². The molecule has 27 heavy (non-hydrogen) atoms. The summed E-state index contributed by atoms with van der Waals surface area (Å²) in [6, 6.07) is 14.8. The predicted molar refractivity (Wildman–Crippen MR) is 104 cm³/mol. The van der Waals surface area contributed by atoms with Crippen molar-refractivity contribution < 1.29 is 14.3 Å². The molecule has 0 spiro atoms. The summed E-state index contributed by atoms with van der Waals surface area (Å²) in [6.07, 6.45) is 1.56. The molecule has 0 bridgehead atoms. The molecule has 0 saturated carbocycles. The first-order valence-corrected chi connectivity index (χ1v) is 9.00. The zero-order chi connectivity index (χ0) is 19.1. The number of methoxy groups -OCH3 is 1. The highest BCUT2D eigenvalue weighted by Gasteiger charge is 2.16. The van der Waals surface area contributed by atoms with Crippen LogP contribution in [-0.2, 0) is 11.4 Å². The van der Waals surface area contributed by atoms with Crippen LogP contribution in [-0.4, -0.2) is 30.2 Å². The molecule has 1 saturated heterocycles. The van der Waals surface area contributed by atoms with Crippen LogP contribution >= 0.6 is 11.8 Å². The number of ether oxygens (including phenoxy) is 2. The summed E-state index contributed by atoms with van der Waals surface area (Å²) in [6.45, 7) is 0.262. The van der Waals surface area contributed by atoms with Gasteiger partial charge in [0.05, 0.1) is 30.7 Å². The number of nitrogens with one attached hydrogen (secondary N) is 1. The van der Waals surface area contributed by atoms with E-state index in [1.807, 2.05) is 24.3 Å². The Hall–Kier alpha value is -3.31. The maximum atomic E-state index is 11.1. The van der Waals surface area contributed by atoms with Crippen LogP contribution in [0.1, 0.15) is 16.7 Å². The monoisotopic (exact) mass is 380 g/mol. The summed E-state index contributed by atoms with van der Waals surface area (Å²) in [4.78, 5) is 11.1. The Bertz CT molecular complexity index is 950. The first kappa shape index (κ1) is 18.5. The third-order valence-corrected chi connectivity index (χ3v) is 4.51. The molecule has 0 atom stereocenters. The van der Waals surface area contributed by atoms with Crippen molar-refractivity contribution in [2.24, 2.45) is 10.2 Å². The van der Waals surface area contributed by atoms with Gasteiger partial charge < -0.3 is 14.8 Å². The van der Waals surface area contributed by atoms with Crippen LogP contribution in [0.2, 0.25) is 0 Å². The fraction of sp³-hybridized carbons (Fsp3) is 0.158. The fourth-order valence-corrected chi connectivity index (χ4v) is 2.95. The summed E-state index contributed by atoms with van der Waals surface area (Å²) in [5, 5.41) is 20.2. The van der Waals surface area contributed by atoms with Crippen LogP contribution in [0.25, 0.3) is 0 Å². The van der Waals surface area contributed by atoms with E-state index >= 15 is 0 Å². The lowest BCUT2D eigenvalue weighted by Gasteiger charge is -2.12. The Morgan fingerprint density at radius 3 is 2.89 bits per heavy atom. The molecule has 0 unspecified atom stereocenters. The number of carbonyl (C=O) groups excluding carboxylic acids is 1. The zero-order valence-corrected chi connectivity index (χ0v) is 15.3. The minimum atomic E-state index is -0.0740. The Kier molecular flexibility index (Phi) is 6.07. The number of hydrogen-bond donors (Lipinski definition) is 1. The van der Waals surface area contributed by atoms with Gasteiger partial charge in [-0.2, -0.15) is 10.4 Å². The maximum Gasteiger partial charge on any atom is 0.236 e. The van der Waals surface area contributed by atoms with Crippen molar-refractivity contribution in [2.75, 3.05) is 12.9 Å². The van der Waals surface area contributed by atoms with Gasteiger partial charge in [-0.05, 0) is 29.8 Å². The van der Waals surface area contributed by atoms with Gasteiger partial charge >= 0.3 is 0 Å². The molecule has 1 aliphatic heterocycles. The van der Waals surface area contributed by atoms with Gasteiger partial charge in [-0.25, -0.2) is 0 Å². The highest BCUT2D eigenvalue weighted by Crippen LogP contribution is 2.28. The molecule has 1 heterocycles. The van der Waals surface area contributed by atoms with E-state index in [1.54, 1.807) is 31.5 Å². The highest BCUT2D eigenvalue weighted by molar-refractivity contribution is 8.15. The molecule has 0 aliphatic carbocycles. The minimum absolute atomic E-state index is 0.0740. The molecule has 0 radical (unpaired) electrons. The van der Waals surface area contributed by atoms with Crippen molar-refractivity contribution in [3.8, 4) is 17.6 Å². The lowest BCUT2D eigenvalue weighted by Crippen LogP contribution is -2.19. The average Bonchev–Trinajstić information content (AvgIpc) is 3.12. The largest absolute Gasteiger partial charge is 0.493 e. The fourth-order valence-electron chi connectivity index (χ4n) is 2.32. The lowest BCUT2D eigenvalue weighted by molar-refractivity contribution is -0.116. The summed E-state index contributed by atoms with van der Waals surface area (Å²) in [5.41, 5.74) is 2.16. The molecule has 1 aliphatic rings. The van der Waals surface area contributed by atoms with E-state index in [1.165, 1.54) is 11.8 Å². The molecule has 3 rings (SSSR count). The van der Waals surface area contributed by atoms with Gasteiger partial charge in [-0.15, -0.1) is 5.10 Å². The normalized spacial score (nSPS) is 15.0. The van der Waals surface area contributed by atoms with Crippen LogP contribution in [0.5, 0.6) is 11.5 Å². The maximum absolute atomic E-state index is 11.1. The van der Waals surface area contributed by atoms with Crippen molar-refractivity contribution >= 4 is 29.1 Å². The summed E-state index contributed by atoms with van der Waals surface area (Å²) in [7, 11) is 1.55. The number of carbonyl (C=O) groups is 1. The van der Waals surface area contributed by atoms with E-state index in [4.69, 9.17) is 14.7 Å². The second-order valence-corrected chi connectivity index (χ2v) is 6.42. The van der Waals surface area contributed by atoms with E-state index in [9.17, 15) is 4.79 Å². The smallest absolute Gasteiger partial charge is 0.236 e. The van der Waals surface area contributed by atoms with Gasteiger partial charge in [0.2, 0.25) is 5.91 Å². The van der Waals surface area contributed by atoms with E-state index in [0.717, 1.165) is 11.1 Å². The standard InChI is InChI=1S/C19H16N4O3S/c1-25-17-8-13(10-21-23-19-22-18(24)12-27-19)6-7-16(17)26-11-15-5-3-2-4-14(15)9-20/h2-8,10H,11-12H2,1H3,(H,22,23,24). The number of nitrogens with zero attached hydrogens (tertiary/aromatic N) is 3. The number of rotatable bonds is 6. The van der Waals surface area contributed by atoms with Crippen LogP contribution < -0.4 is 14.8 Å². The number of benzene rings is 2. The quantitative estimate of drug-likeness (QED) is 0.614. The Morgan fingerprint density at radius 1 is 1.30 bits per heavy atom. The molecule has 2 aromatic carbocycles. The Morgan fingerprint density at radius 2 is 2.15 bits per heavy atom. The van der Waals surface area contributed by atoms with Crippen molar-refractivity contribution in [3.63, 3.8) is 0 Å². The minimum Gasteiger partial charge on any atom is -0.493 e. The predicted octanol–water partition coefficient (Wildman–Crippen LogP) is 2.70. The van der Waals surface area contributed by atoms with Gasteiger partial charge in [0.1, 0.15) is 6.61 Å². The van der Waals surface area contributed by atoms with Gasteiger partial charge in [0.25, 0.3) is 0 Å². The third kappa shape index (κ3) is 4.86. The number of nitriles is 1. The molecule has 0 aromatic heterocycles. The Balaban J connectivity index is 1.69. The molecule has 1 N–H and O–H groups in total. The molecular formula is C19H16N4O3S. The van der Waals surface area contributed by atoms with Gasteiger partial charge in [-0.3, -0.25) is 4.79 Å². The number of amidine groups is 1. The van der Waals surface area contributed by atoms with Gasteiger partial charge in [0, 0.05) is 5.56 Å². The average molecular weight is 380 g/mol. The van der Waals surface area contributed by atoms with Crippen LogP contribution in [0.4, 0.5) is 0 Å². The summed E-state index contributed by atoms with van der Waals surface area (Å²) < 4.78 is 11.2. The highest BCUT2D eigenvalue weighted by atomic mass is 32.2. The number of hydrogen-bond acceptors (Lipinski definition) is 7. The molecule has 2 aromatic rings. The second kappa shape index (κ2) is 8.87. The zero-order valence-electron chi connectivity index (χ0n) is 14.5. The first-order valence-electron chi connectivity index (χ1n) is 8.02. The molecular weight excluding hydrogens is 364 g/mol. The lowest BCUT2D eigenvalue weighted by atomic mass is 10.1. The molecule has 7 nitrogen and oxygen atoms in total. The van der Waals surface area contributed by atoms with Crippen molar-refractivity contribution in [2.45, 2.75) is 6.61 Å². The van der Waals surface area contributed by atoms with Crippen molar-refractivity contribution in [1.29, 1.82) is 5.26 Å². The summed E-state index contributed by atoms with van der Waals surface area (Å²) in [5.74, 6) is 1.40. The molecule has 8 heteroatoms. The van der Waals surface area contributed by atoms with E-state index in [0.29, 0.717) is 28.0 Å². The second-order valence-electron chi connectivity index (χ2n) is 5.45. The van der Waals surface area contributed by atoms with Crippen LogP contribution in [0.15, 0.2) is 52.7 Å². The van der Waals surface area contributed by atoms with Crippen molar-refractivity contribution in [1.82, 2.24) is 5.32 Å². The summed E-state index contributed by atoms with van der Waals surface area (Å²) >= 11 is 1.31.